The summed E-state index contributed by atoms with van der Waals surface area (Å²) in [6.07, 6.45) is 0.121. The van der Waals surface area contributed by atoms with E-state index in [2.05, 4.69) is 5.32 Å². The van der Waals surface area contributed by atoms with E-state index in [-0.39, 0.29) is 23.9 Å². The van der Waals surface area contributed by atoms with Crippen molar-refractivity contribution in [3.8, 4) is 0 Å². The van der Waals surface area contributed by atoms with Gasteiger partial charge in [0.15, 0.2) is 0 Å². The molecule has 0 aromatic heterocycles. The van der Waals surface area contributed by atoms with Crippen LogP contribution in [0.2, 0.25) is 0 Å². The van der Waals surface area contributed by atoms with Crippen LogP contribution in [0.5, 0.6) is 0 Å². The summed E-state index contributed by atoms with van der Waals surface area (Å²) in [5.41, 5.74) is 0.286. The summed E-state index contributed by atoms with van der Waals surface area (Å²) in [6.45, 7) is 3.12. The zero-order chi connectivity index (χ0) is 14.9. The number of imide groups is 1. The molecule has 0 aliphatic carbocycles. The summed E-state index contributed by atoms with van der Waals surface area (Å²) in [5.74, 6) is -2.10. The van der Waals surface area contributed by atoms with Crippen molar-refractivity contribution < 1.29 is 18.8 Å². The fourth-order valence-electron chi connectivity index (χ4n) is 2.14. The molecular weight excluding hydrogens is 263 g/mol. The summed E-state index contributed by atoms with van der Waals surface area (Å²) in [6, 6.07) is 4.51. The van der Waals surface area contributed by atoms with Crippen LogP contribution >= 0.6 is 0 Å². The van der Waals surface area contributed by atoms with Crippen LogP contribution < -0.4 is 5.32 Å². The summed E-state index contributed by atoms with van der Waals surface area (Å²) < 4.78 is 13.0. The largest absolute Gasteiger partial charge is 0.324 e. The van der Waals surface area contributed by atoms with E-state index >= 15 is 0 Å². The van der Waals surface area contributed by atoms with Crippen molar-refractivity contribution in [2.45, 2.75) is 26.3 Å². The smallest absolute Gasteiger partial charge is 0.247 e. The van der Waals surface area contributed by atoms with Crippen LogP contribution in [0.25, 0.3) is 0 Å². The molecular formula is C14H15FN2O3. The predicted molar refractivity (Wildman–Crippen MR) is 70.1 cm³/mol. The van der Waals surface area contributed by atoms with Gasteiger partial charge in [0.1, 0.15) is 11.9 Å². The van der Waals surface area contributed by atoms with Crippen molar-refractivity contribution in [3.05, 3.63) is 30.1 Å². The van der Waals surface area contributed by atoms with Crippen molar-refractivity contribution in [1.82, 2.24) is 4.90 Å². The number of benzene rings is 1. The van der Waals surface area contributed by atoms with Gasteiger partial charge in [-0.3, -0.25) is 19.3 Å². The number of amides is 3. The average Bonchev–Trinajstić information content (AvgIpc) is 2.62. The van der Waals surface area contributed by atoms with E-state index in [9.17, 15) is 18.8 Å². The molecule has 0 radical (unpaired) electrons. The van der Waals surface area contributed by atoms with E-state index in [1.807, 2.05) is 0 Å². The van der Waals surface area contributed by atoms with E-state index in [1.165, 1.54) is 31.2 Å². The van der Waals surface area contributed by atoms with Gasteiger partial charge >= 0.3 is 0 Å². The molecule has 6 heteroatoms. The Hall–Kier alpha value is -2.24. The van der Waals surface area contributed by atoms with E-state index in [0.29, 0.717) is 0 Å². The Bertz CT molecular complexity index is 573. The standard InChI is InChI=1S/C14H15FN2O3/c1-8-6-12(18)17(14(8)20)9(2)13(19)16-11-5-3-4-10(15)7-11/h3-5,7-9H,6H2,1-2H3,(H,16,19). The van der Waals surface area contributed by atoms with Crippen LogP contribution in [0.4, 0.5) is 10.1 Å². The number of carbonyl (C=O) groups is 3. The Morgan fingerprint density at radius 1 is 1.45 bits per heavy atom. The lowest BCUT2D eigenvalue weighted by molar-refractivity contribution is -0.145. The molecule has 1 heterocycles. The maximum Gasteiger partial charge on any atom is 0.247 e. The highest BCUT2D eigenvalue weighted by molar-refractivity contribution is 6.08. The first kappa shape index (κ1) is 14.2. The highest BCUT2D eigenvalue weighted by Gasteiger charge is 2.40. The van der Waals surface area contributed by atoms with Crippen molar-refractivity contribution >= 4 is 23.4 Å². The van der Waals surface area contributed by atoms with E-state index < -0.39 is 23.7 Å². The lowest BCUT2D eigenvalue weighted by Crippen LogP contribution is -2.45. The second-order valence-corrected chi connectivity index (χ2v) is 4.88. The third kappa shape index (κ3) is 2.68. The summed E-state index contributed by atoms with van der Waals surface area (Å²) in [7, 11) is 0. The number of nitrogens with one attached hydrogen (secondary N) is 1. The third-order valence-corrected chi connectivity index (χ3v) is 3.27. The minimum absolute atomic E-state index is 0.121. The van der Waals surface area contributed by atoms with Crippen molar-refractivity contribution in [3.63, 3.8) is 0 Å². The fraction of sp³-hybridized carbons (Fsp3) is 0.357. The zero-order valence-corrected chi connectivity index (χ0v) is 11.2. The Morgan fingerprint density at radius 3 is 2.70 bits per heavy atom. The lowest BCUT2D eigenvalue weighted by atomic mass is 10.1. The maximum absolute atomic E-state index is 13.0. The Balaban J connectivity index is 2.09. The normalized spacial score (nSPS) is 20.1. The molecule has 106 valence electrons. The monoisotopic (exact) mass is 278 g/mol. The minimum atomic E-state index is -0.914. The SMILES string of the molecule is CC1CC(=O)N(C(C)C(=O)Nc2cccc(F)c2)C1=O. The van der Waals surface area contributed by atoms with Crippen LogP contribution in [0.1, 0.15) is 20.3 Å². The first-order chi connectivity index (χ1) is 9.40. The molecule has 1 aliphatic heterocycles. The fourth-order valence-corrected chi connectivity index (χ4v) is 2.14. The molecule has 5 nitrogen and oxygen atoms in total. The minimum Gasteiger partial charge on any atom is -0.324 e. The van der Waals surface area contributed by atoms with Gasteiger partial charge in [0.05, 0.1) is 0 Å². The van der Waals surface area contributed by atoms with Gasteiger partial charge in [-0.25, -0.2) is 4.39 Å². The molecule has 2 unspecified atom stereocenters. The molecule has 1 aliphatic rings. The Labute approximate surface area is 115 Å². The van der Waals surface area contributed by atoms with Crippen LogP contribution in [0.15, 0.2) is 24.3 Å². The molecule has 2 rings (SSSR count). The average molecular weight is 278 g/mol. The van der Waals surface area contributed by atoms with Crippen molar-refractivity contribution in [1.29, 1.82) is 0 Å². The quantitative estimate of drug-likeness (QED) is 0.853. The number of carbonyl (C=O) groups excluding carboxylic acids is 3. The van der Waals surface area contributed by atoms with E-state index in [0.717, 1.165) is 4.90 Å². The van der Waals surface area contributed by atoms with Gasteiger partial charge in [-0.15, -0.1) is 0 Å². The molecule has 3 amide bonds. The number of halogens is 1. The molecule has 1 fully saturated rings. The molecule has 1 aromatic carbocycles. The van der Waals surface area contributed by atoms with Gasteiger partial charge in [-0.2, -0.15) is 0 Å². The molecule has 2 atom stereocenters. The van der Waals surface area contributed by atoms with Gasteiger partial charge in [-0.05, 0) is 25.1 Å². The van der Waals surface area contributed by atoms with Gasteiger partial charge in [0.25, 0.3) is 0 Å². The number of anilines is 1. The molecule has 1 saturated heterocycles. The topological polar surface area (TPSA) is 66.5 Å². The second kappa shape index (κ2) is 5.40. The Morgan fingerprint density at radius 2 is 2.15 bits per heavy atom. The van der Waals surface area contributed by atoms with Gasteiger partial charge in [-0.1, -0.05) is 13.0 Å². The Kier molecular flexibility index (Phi) is 3.83. The van der Waals surface area contributed by atoms with Crippen LogP contribution in [-0.2, 0) is 14.4 Å². The van der Waals surface area contributed by atoms with Gasteiger partial charge < -0.3 is 5.32 Å². The van der Waals surface area contributed by atoms with Crippen molar-refractivity contribution in [2.24, 2.45) is 5.92 Å². The number of likely N-dealkylation sites (tertiary alicyclic amines) is 1. The molecule has 1 N–H and O–H groups in total. The predicted octanol–water partition coefficient (Wildman–Crippen LogP) is 1.55. The maximum atomic E-state index is 13.0. The number of nitrogens with zero attached hydrogens (tertiary/aromatic N) is 1. The highest BCUT2D eigenvalue weighted by Crippen LogP contribution is 2.22. The third-order valence-electron chi connectivity index (χ3n) is 3.27. The summed E-state index contributed by atoms with van der Waals surface area (Å²) in [5, 5.41) is 2.49. The molecule has 20 heavy (non-hydrogen) atoms. The number of hydrogen-bond donors (Lipinski definition) is 1. The lowest BCUT2D eigenvalue weighted by Gasteiger charge is -2.22. The van der Waals surface area contributed by atoms with Crippen LogP contribution in [0.3, 0.4) is 0 Å². The number of rotatable bonds is 3. The first-order valence-electron chi connectivity index (χ1n) is 6.32. The first-order valence-corrected chi connectivity index (χ1v) is 6.32. The van der Waals surface area contributed by atoms with Crippen LogP contribution in [0, 0.1) is 11.7 Å². The number of hydrogen-bond acceptors (Lipinski definition) is 3. The summed E-state index contributed by atoms with van der Waals surface area (Å²) in [4.78, 5) is 36.5. The second-order valence-electron chi connectivity index (χ2n) is 4.88. The van der Waals surface area contributed by atoms with E-state index in [4.69, 9.17) is 0 Å². The van der Waals surface area contributed by atoms with Gasteiger partial charge in [0.2, 0.25) is 17.7 Å². The molecule has 0 bridgehead atoms. The van der Waals surface area contributed by atoms with Crippen molar-refractivity contribution in [2.75, 3.05) is 5.32 Å². The molecule has 0 spiro atoms. The highest BCUT2D eigenvalue weighted by atomic mass is 19.1. The summed E-state index contributed by atoms with van der Waals surface area (Å²) >= 11 is 0. The van der Waals surface area contributed by atoms with Gasteiger partial charge in [0, 0.05) is 18.0 Å². The van der Waals surface area contributed by atoms with E-state index in [1.54, 1.807) is 6.92 Å². The molecule has 1 aromatic rings. The molecule has 0 saturated carbocycles. The zero-order valence-electron chi connectivity index (χ0n) is 11.2. The van der Waals surface area contributed by atoms with Crippen LogP contribution in [-0.4, -0.2) is 28.7 Å².